The topological polar surface area (TPSA) is 111 Å². The van der Waals surface area contributed by atoms with Crippen molar-refractivity contribution in [2.75, 3.05) is 17.7 Å². The molecule has 9 heteroatoms. The third-order valence-corrected chi connectivity index (χ3v) is 5.19. The van der Waals surface area contributed by atoms with E-state index < -0.39 is 23.6 Å². The fraction of sp³-hybridized carbons (Fsp3) is 0.346. The summed E-state index contributed by atoms with van der Waals surface area (Å²) in [4.78, 5) is 37.5. The number of para-hydroxylation sites is 1. The van der Waals surface area contributed by atoms with Crippen LogP contribution in [0, 0.1) is 0 Å². The molecule has 1 atom stereocenters. The number of carbonyl (C=O) groups excluding carboxylic acids is 3. The average molecular weight is 481 g/mol. The predicted molar refractivity (Wildman–Crippen MR) is 136 cm³/mol. The standard InChI is InChI=1S/C26H32N4O5/c1-16(31)27-18-11-12-23(34-6)20(14-18)28-24(32)21(29-25(33)35-26(2,3)4)13-17-15-30(5)22-10-8-7-9-19(17)22/h7-12,14-15,21H,13H2,1-6H3,(H,27,31)(H,28,32)(H,29,33)/t21-/m1/s1. The van der Waals surface area contributed by atoms with E-state index >= 15 is 0 Å². The van der Waals surface area contributed by atoms with Crippen molar-refractivity contribution in [2.45, 2.75) is 45.8 Å². The lowest BCUT2D eigenvalue weighted by atomic mass is 10.0. The van der Waals surface area contributed by atoms with Gasteiger partial charge in [-0.05, 0) is 50.6 Å². The summed E-state index contributed by atoms with van der Waals surface area (Å²) in [5.74, 6) is -0.288. The van der Waals surface area contributed by atoms with E-state index in [0.29, 0.717) is 17.1 Å². The molecule has 3 N–H and O–H groups in total. The van der Waals surface area contributed by atoms with Crippen molar-refractivity contribution in [3.63, 3.8) is 0 Å². The number of hydrogen-bond acceptors (Lipinski definition) is 5. The van der Waals surface area contributed by atoms with Gasteiger partial charge in [0.25, 0.3) is 0 Å². The number of fused-ring (bicyclic) bond motifs is 1. The van der Waals surface area contributed by atoms with Crippen LogP contribution in [-0.4, -0.2) is 41.2 Å². The van der Waals surface area contributed by atoms with Gasteiger partial charge in [-0.3, -0.25) is 9.59 Å². The summed E-state index contributed by atoms with van der Waals surface area (Å²) in [6, 6.07) is 11.8. The molecule has 0 unspecified atom stereocenters. The van der Waals surface area contributed by atoms with E-state index in [1.807, 2.05) is 42.1 Å². The fourth-order valence-corrected chi connectivity index (χ4v) is 3.77. The number of nitrogens with zero attached hydrogens (tertiary/aromatic N) is 1. The summed E-state index contributed by atoms with van der Waals surface area (Å²) in [7, 11) is 3.41. The molecule has 1 heterocycles. The zero-order valence-corrected chi connectivity index (χ0v) is 20.9. The van der Waals surface area contributed by atoms with Crippen LogP contribution in [0.5, 0.6) is 5.75 Å². The molecule has 0 saturated heterocycles. The van der Waals surface area contributed by atoms with Crippen LogP contribution in [0.25, 0.3) is 10.9 Å². The smallest absolute Gasteiger partial charge is 0.408 e. The molecule has 0 spiro atoms. The number of alkyl carbamates (subject to hydrolysis) is 1. The number of ether oxygens (including phenoxy) is 2. The van der Waals surface area contributed by atoms with E-state index in [2.05, 4.69) is 16.0 Å². The summed E-state index contributed by atoms with van der Waals surface area (Å²) in [5, 5.41) is 9.20. The Labute approximate surface area is 204 Å². The highest BCUT2D eigenvalue weighted by atomic mass is 16.6. The zero-order valence-electron chi connectivity index (χ0n) is 20.9. The number of anilines is 2. The van der Waals surface area contributed by atoms with Crippen LogP contribution in [0.4, 0.5) is 16.2 Å². The van der Waals surface area contributed by atoms with Crippen LogP contribution in [0.1, 0.15) is 33.3 Å². The number of carbonyl (C=O) groups is 3. The normalized spacial score (nSPS) is 12.1. The Morgan fingerprint density at radius 3 is 2.43 bits per heavy atom. The first kappa shape index (κ1) is 25.6. The molecule has 3 amide bonds. The highest BCUT2D eigenvalue weighted by molar-refractivity contribution is 5.99. The van der Waals surface area contributed by atoms with Crippen molar-refractivity contribution in [1.29, 1.82) is 0 Å². The summed E-state index contributed by atoms with van der Waals surface area (Å²) < 4.78 is 12.7. The van der Waals surface area contributed by atoms with Gasteiger partial charge in [-0.2, -0.15) is 0 Å². The Morgan fingerprint density at radius 2 is 1.77 bits per heavy atom. The van der Waals surface area contributed by atoms with Crippen molar-refractivity contribution < 1.29 is 23.9 Å². The average Bonchev–Trinajstić information content (AvgIpc) is 3.07. The summed E-state index contributed by atoms with van der Waals surface area (Å²) in [5.41, 5.74) is 2.05. The molecule has 1 aromatic heterocycles. The third kappa shape index (κ3) is 6.75. The van der Waals surface area contributed by atoms with Crippen LogP contribution < -0.4 is 20.7 Å². The number of amides is 3. The molecule has 0 radical (unpaired) electrons. The van der Waals surface area contributed by atoms with Crippen LogP contribution in [0.15, 0.2) is 48.7 Å². The first-order valence-corrected chi connectivity index (χ1v) is 11.3. The fourth-order valence-electron chi connectivity index (χ4n) is 3.77. The maximum absolute atomic E-state index is 13.4. The maximum atomic E-state index is 13.4. The Hall–Kier alpha value is -4.01. The minimum atomic E-state index is -0.940. The molecule has 0 bridgehead atoms. The molecular weight excluding hydrogens is 448 g/mol. The van der Waals surface area contributed by atoms with Crippen LogP contribution in [0.2, 0.25) is 0 Å². The van der Waals surface area contributed by atoms with E-state index in [0.717, 1.165) is 16.5 Å². The molecule has 9 nitrogen and oxygen atoms in total. The van der Waals surface area contributed by atoms with Crippen molar-refractivity contribution in [2.24, 2.45) is 7.05 Å². The van der Waals surface area contributed by atoms with Crippen LogP contribution in [-0.2, 0) is 27.8 Å². The lowest BCUT2D eigenvalue weighted by Crippen LogP contribution is -2.47. The Bertz CT molecular complexity index is 1240. The zero-order chi connectivity index (χ0) is 25.8. The molecule has 0 aliphatic carbocycles. The number of rotatable bonds is 7. The monoisotopic (exact) mass is 480 g/mol. The maximum Gasteiger partial charge on any atom is 0.408 e. The molecule has 35 heavy (non-hydrogen) atoms. The Morgan fingerprint density at radius 1 is 1.06 bits per heavy atom. The van der Waals surface area contributed by atoms with Gasteiger partial charge in [-0.1, -0.05) is 18.2 Å². The summed E-state index contributed by atoms with van der Waals surface area (Å²) >= 11 is 0. The number of methoxy groups -OCH3 is 1. The van der Waals surface area contributed by atoms with Crippen molar-refractivity contribution in [3.05, 3.63) is 54.2 Å². The number of benzene rings is 2. The second-order valence-electron chi connectivity index (χ2n) is 9.27. The molecule has 3 rings (SSSR count). The van der Waals surface area contributed by atoms with E-state index in [4.69, 9.17) is 9.47 Å². The lowest BCUT2D eigenvalue weighted by molar-refractivity contribution is -0.118. The molecular formula is C26H32N4O5. The van der Waals surface area contributed by atoms with Crippen molar-refractivity contribution >= 4 is 40.2 Å². The SMILES string of the molecule is COc1ccc(NC(C)=O)cc1NC(=O)[C@@H](Cc1cn(C)c2ccccc12)NC(=O)OC(C)(C)C. The van der Waals surface area contributed by atoms with Gasteiger partial charge < -0.3 is 30.0 Å². The molecule has 2 aromatic carbocycles. The molecule has 3 aromatic rings. The minimum absolute atomic E-state index is 0.236. The largest absolute Gasteiger partial charge is 0.495 e. The van der Waals surface area contributed by atoms with Crippen LogP contribution in [0.3, 0.4) is 0 Å². The Balaban J connectivity index is 1.91. The molecule has 0 aliphatic heterocycles. The van der Waals surface area contributed by atoms with E-state index in [1.54, 1.807) is 39.0 Å². The first-order chi connectivity index (χ1) is 16.5. The predicted octanol–water partition coefficient (Wildman–Crippen LogP) is 4.22. The summed E-state index contributed by atoms with van der Waals surface area (Å²) in [6.45, 7) is 6.66. The molecule has 0 saturated carbocycles. The van der Waals surface area contributed by atoms with Gasteiger partial charge in [0.2, 0.25) is 11.8 Å². The van der Waals surface area contributed by atoms with Crippen molar-refractivity contribution in [3.8, 4) is 5.75 Å². The summed E-state index contributed by atoms with van der Waals surface area (Å²) in [6.07, 6.45) is 1.48. The van der Waals surface area contributed by atoms with Gasteiger partial charge in [-0.15, -0.1) is 0 Å². The highest BCUT2D eigenvalue weighted by Gasteiger charge is 2.27. The van der Waals surface area contributed by atoms with Crippen LogP contribution >= 0.6 is 0 Å². The van der Waals surface area contributed by atoms with Gasteiger partial charge in [0.05, 0.1) is 12.8 Å². The first-order valence-electron chi connectivity index (χ1n) is 11.3. The Kier molecular flexibility index (Phi) is 7.68. The number of hydrogen-bond donors (Lipinski definition) is 3. The second-order valence-corrected chi connectivity index (χ2v) is 9.27. The number of aryl methyl sites for hydroxylation is 1. The molecule has 0 aliphatic rings. The molecule has 0 fully saturated rings. The van der Waals surface area contributed by atoms with Crippen molar-refractivity contribution in [1.82, 2.24) is 9.88 Å². The minimum Gasteiger partial charge on any atom is -0.495 e. The van der Waals surface area contributed by atoms with E-state index in [1.165, 1.54) is 14.0 Å². The highest BCUT2D eigenvalue weighted by Crippen LogP contribution is 2.29. The van der Waals surface area contributed by atoms with E-state index in [9.17, 15) is 14.4 Å². The quantitative estimate of drug-likeness (QED) is 0.469. The third-order valence-electron chi connectivity index (χ3n) is 5.19. The van der Waals surface area contributed by atoms with E-state index in [-0.39, 0.29) is 12.3 Å². The lowest BCUT2D eigenvalue weighted by Gasteiger charge is -2.23. The van der Waals surface area contributed by atoms with Gasteiger partial charge in [0, 0.05) is 43.2 Å². The molecule has 186 valence electrons. The van der Waals surface area contributed by atoms with Gasteiger partial charge in [0.1, 0.15) is 17.4 Å². The van der Waals surface area contributed by atoms with Gasteiger partial charge in [0.15, 0.2) is 0 Å². The number of aromatic nitrogens is 1. The second kappa shape index (κ2) is 10.5. The van der Waals surface area contributed by atoms with Gasteiger partial charge >= 0.3 is 6.09 Å². The van der Waals surface area contributed by atoms with Gasteiger partial charge in [-0.25, -0.2) is 4.79 Å². The number of nitrogens with one attached hydrogen (secondary N) is 3.